The average molecular weight is 307 g/mol. The summed E-state index contributed by atoms with van der Waals surface area (Å²) >= 11 is 0. The lowest BCUT2D eigenvalue weighted by Gasteiger charge is -2.11. The molecule has 112 valence electrons. The van der Waals surface area contributed by atoms with Crippen LogP contribution in [0.3, 0.4) is 0 Å². The van der Waals surface area contributed by atoms with Crippen molar-refractivity contribution in [3.8, 4) is 5.75 Å². The lowest BCUT2D eigenvalue weighted by Crippen LogP contribution is -2.08. The van der Waals surface area contributed by atoms with Crippen LogP contribution in [0, 0.1) is 34.9 Å². The molecule has 0 aliphatic rings. The Kier molecular flexibility index (Phi) is 3.97. The van der Waals surface area contributed by atoms with Crippen LogP contribution >= 0.6 is 0 Å². The average Bonchev–Trinajstić information content (AvgIpc) is 2.45. The highest BCUT2D eigenvalue weighted by atomic mass is 19.2. The molecular formula is C13H7F6NO. The summed E-state index contributed by atoms with van der Waals surface area (Å²) in [7, 11) is 0. The molecule has 0 spiro atoms. The van der Waals surface area contributed by atoms with Gasteiger partial charge in [-0.25, -0.2) is 17.6 Å². The Balaban J connectivity index is 2.32. The maximum atomic E-state index is 13.3. The van der Waals surface area contributed by atoms with E-state index in [1.807, 2.05) is 0 Å². The van der Waals surface area contributed by atoms with E-state index in [2.05, 4.69) is 4.74 Å². The maximum absolute atomic E-state index is 13.3. The summed E-state index contributed by atoms with van der Waals surface area (Å²) in [4.78, 5) is 0. The van der Waals surface area contributed by atoms with Gasteiger partial charge in [0.25, 0.3) is 0 Å². The molecule has 0 unspecified atom stereocenters. The Morgan fingerprint density at radius 3 is 1.86 bits per heavy atom. The molecule has 0 bridgehead atoms. The highest BCUT2D eigenvalue weighted by Gasteiger charge is 2.27. The molecule has 0 atom stereocenters. The summed E-state index contributed by atoms with van der Waals surface area (Å²) in [5, 5.41) is 0. The van der Waals surface area contributed by atoms with Gasteiger partial charge in [-0.15, -0.1) is 0 Å². The van der Waals surface area contributed by atoms with Crippen molar-refractivity contribution in [3.63, 3.8) is 0 Å². The van der Waals surface area contributed by atoms with Gasteiger partial charge >= 0.3 is 0 Å². The molecule has 0 amide bonds. The van der Waals surface area contributed by atoms with E-state index in [0.717, 1.165) is 18.2 Å². The summed E-state index contributed by atoms with van der Waals surface area (Å²) < 4.78 is 82.8. The first-order valence-electron chi connectivity index (χ1n) is 5.51. The van der Waals surface area contributed by atoms with Gasteiger partial charge in [-0.05, 0) is 12.1 Å². The molecule has 2 nitrogen and oxygen atoms in total. The van der Waals surface area contributed by atoms with Gasteiger partial charge in [0.15, 0.2) is 5.75 Å². The fourth-order valence-electron chi connectivity index (χ4n) is 1.56. The van der Waals surface area contributed by atoms with Gasteiger partial charge in [-0.3, -0.25) is 0 Å². The van der Waals surface area contributed by atoms with Crippen molar-refractivity contribution in [2.24, 2.45) is 0 Å². The lowest BCUT2D eigenvalue weighted by atomic mass is 10.2. The Labute approximate surface area is 114 Å². The fourth-order valence-corrected chi connectivity index (χ4v) is 1.56. The molecule has 0 radical (unpaired) electrons. The molecule has 0 heterocycles. The van der Waals surface area contributed by atoms with Crippen molar-refractivity contribution >= 4 is 5.69 Å². The number of rotatable bonds is 3. The van der Waals surface area contributed by atoms with Crippen molar-refractivity contribution in [3.05, 3.63) is 58.7 Å². The highest BCUT2D eigenvalue weighted by molar-refractivity contribution is 5.46. The SMILES string of the molecule is Nc1cc(F)ccc1COc1c(F)c(F)c(F)c(F)c1F. The van der Waals surface area contributed by atoms with Crippen LogP contribution in [0.25, 0.3) is 0 Å². The van der Waals surface area contributed by atoms with E-state index in [1.165, 1.54) is 0 Å². The Bertz CT molecular complexity index is 675. The molecule has 2 rings (SSSR count). The number of ether oxygens (including phenoxy) is 1. The van der Waals surface area contributed by atoms with Gasteiger partial charge < -0.3 is 10.5 Å². The Morgan fingerprint density at radius 1 is 0.810 bits per heavy atom. The van der Waals surface area contributed by atoms with Crippen molar-refractivity contribution in [1.29, 1.82) is 0 Å². The smallest absolute Gasteiger partial charge is 0.207 e. The number of benzene rings is 2. The zero-order valence-electron chi connectivity index (χ0n) is 10.2. The first-order valence-corrected chi connectivity index (χ1v) is 5.51. The van der Waals surface area contributed by atoms with Crippen LogP contribution in [0.2, 0.25) is 0 Å². The summed E-state index contributed by atoms with van der Waals surface area (Å²) in [5.41, 5.74) is 5.47. The minimum atomic E-state index is -2.28. The van der Waals surface area contributed by atoms with Gasteiger partial charge in [0.05, 0.1) is 0 Å². The van der Waals surface area contributed by atoms with Crippen LogP contribution in [0.15, 0.2) is 18.2 Å². The first-order chi connectivity index (χ1) is 9.82. The van der Waals surface area contributed by atoms with Crippen molar-refractivity contribution in [2.45, 2.75) is 6.61 Å². The molecule has 0 fully saturated rings. The van der Waals surface area contributed by atoms with Crippen LogP contribution in [0.4, 0.5) is 32.0 Å². The molecule has 0 saturated carbocycles. The second kappa shape index (κ2) is 5.55. The van der Waals surface area contributed by atoms with Crippen molar-refractivity contribution in [2.75, 3.05) is 5.73 Å². The number of nitrogen functional groups attached to an aromatic ring is 1. The van der Waals surface area contributed by atoms with Gasteiger partial charge in [0.1, 0.15) is 12.4 Å². The standard InChI is InChI=1S/C13H7F6NO/c14-6-2-1-5(7(20)3-6)4-21-13-11(18)9(16)8(15)10(17)12(13)19/h1-3H,4,20H2. The van der Waals surface area contributed by atoms with Crippen LogP contribution in [-0.4, -0.2) is 0 Å². The van der Waals surface area contributed by atoms with Crippen molar-refractivity contribution < 1.29 is 31.1 Å². The Morgan fingerprint density at radius 2 is 1.33 bits per heavy atom. The normalized spacial score (nSPS) is 10.8. The van der Waals surface area contributed by atoms with Crippen LogP contribution in [0.1, 0.15) is 5.56 Å². The number of nitrogens with two attached hydrogens (primary N) is 1. The van der Waals surface area contributed by atoms with E-state index in [9.17, 15) is 26.3 Å². The van der Waals surface area contributed by atoms with E-state index in [1.54, 1.807) is 0 Å². The predicted molar refractivity (Wildman–Crippen MR) is 61.4 cm³/mol. The fraction of sp³-hybridized carbons (Fsp3) is 0.0769. The minimum Gasteiger partial charge on any atom is -0.483 e. The summed E-state index contributed by atoms with van der Waals surface area (Å²) in [6, 6.07) is 3.10. The molecule has 0 saturated heterocycles. The van der Waals surface area contributed by atoms with E-state index in [4.69, 9.17) is 5.73 Å². The zero-order valence-corrected chi connectivity index (χ0v) is 10.2. The third-order valence-corrected chi connectivity index (χ3v) is 2.65. The second-order valence-corrected chi connectivity index (χ2v) is 4.03. The second-order valence-electron chi connectivity index (χ2n) is 4.03. The van der Waals surface area contributed by atoms with Gasteiger partial charge in [-0.1, -0.05) is 6.07 Å². The third kappa shape index (κ3) is 2.74. The number of anilines is 1. The van der Waals surface area contributed by atoms with E-state index in [-0.39, 0.29) is 11.3 Å². The molecule has 0 aromatic heterocycles. The Hall–Kier alpha value is -2.38. The maximum Gasteiger partial charge on any atom is 0.207 e. The molecular weight excluding hydrogens is 300 g/mol. The lowest BCUT2D eigenvalue weighted by molar-refractivity contribution is 0.253. The predicted octanol–water partition coefficient (Wildman–Crippen LogP) is 3.68. The topological polar surface area (TPSA) is 35.2 Å². The molecule has 2 aromatic rings. The van der Waals surface area contributed by atoms with Crippen LogP contribution < -0.4 is 10.5 Å². The molecule has 0 aliphatic heterocycles. The largest absolute Gasteiger partial charge is 0.483 e. The van der Waals surface area contributed by atoms with Crippen molar-refractivity contribution in [1.82, 2.24) is 0 Å². The highest BCUT2D eigenvalue weighted by Crippen LogP contribution is 2.30. The van der Waals surface area contributed by atoms with Crippen LogP contribution in [0.5, 0.6) is 5.75 Å². The quantitative estimate of drug-likeness (QED) is 0.406. The summed E-state index contributed by atoms with van der Waals surface area (Å²) in [6.07, 6.45) is 0. The molecule has 8 heteroatoms. The summed E-state index contributed by atoms with van der Waals surface area (Å²) in [6.45, 7) is -0.593. The molecule has 2 N–H and O–H groups in total. The van der Waals surface area contributed by atoms with E-state index >= 15 is 0 Å². The minimum absolute atomic E-state index is 0.0844. The zero-order chi connectivity index (χ0) is 15.7. The third-order valence-electron chi connectivity index (χ3n) is 2.65. The monoisotopic (exact) mass is 307 g/mol. The molecule has 2 aromatic carbocycles. The van der Waals surface area contributed by atoms with Gasteiger partial charge in [-0.2, -0.15) is 8.78 Å². The van der Waals surface area contributed by atoms with E-state index in [0.29, 0.717) is 0 Å². The van der Waals surface area contributed by atoms with Gasteiger partial charge in [0.2, 0.25) is 29.1 Å². The van der Waals surface area contributed by atoms with E-state index < -0.39 is 47.3 Å². The van der Waals surface area contributed by atoms with Gasteiger partial charge in [0, 0.05) is 11.3 Å². The number of hydrogen-bond acceptors (Lipinski definition) is 2. The molecule has 21 heavy (non-hydrogen) atoms. The number of halogens is 6. The first kappa shape index (κ1) is 15.0. The molecule has 0 aliphatic carbocycles. The van der Waals surface area contributed by atoms with Crippen LogP contribution in [-0.2, 0) is 6.61 Å². The summed E-state index contributed by atoms with van der Waals surface area (Å²) in [5.74, 6) is -12.8. The number of hydrogen-bond donors (Lipinski definition) is 1.